The second-order valence-corrected chi connectivity index (χ2v) is 5.67. The molecule has 2 aromatic carbocycles. The van der Waals surface area contributed by atoms with E-state index in [1.54, 1.807) is 25.2 Å². The lowest BCUT2D eigenvalue weighted by Gasteiger charge is -2.13. The molecule has 0 spiro atoms. The van der Waals surface area contributed by atoms with Gasteiger partial charge in [0.25, 0.3) is 5.91 Å². The van der Waals surface area contributed by atoms with Crippen molar-refractivity contribution in [2.45, 2.75) is 26.2 Å². The first-order valence-corrected chi connectivity index (χ1v) is 7.68. The molecule has 2 amide bonds. The van der Waals surface area contributed by atoms with Gasteiger partial charge in [-0.15, -0.1) is 0 Å². The molecule has 1 atom stereocenters. The predicted octanol–water partition coefficient (Wildman–Crippen LogP) is 3.49. The Morgan fingerprint density at radius 1 is 1.09 bits per heavy atom. The van der Waals surface area contributed by atoms with Crippen LogP contribution in [-0.4, -0.2) is 18.9 Å². The summed E-state index contributed by atoms with van der Waals surface area (Å²) in [6.07, 6.45) is 0.417. The van der Waals surface area contributed by atoms with Crippen molar-refractivity contribution in [2.24, 2.45) is 0 Å². The minimum absolute atomic E-state index is 0.0304. The number of nitrogens with one attached hydrogen (secondary N) is 2. The van der Waals surface area contributed by atoms with Crippen LogP contribution in [0.15, 0.2) is 48.5 Å². The number of amides is 2. The molecule has 0 heterocycles. The molecule has 120 valence electrons. The molecule has 0 fully saturated rings. The smallest absolute Gasteiger partial charge is 0.251 e. The number of rotatable bonds is 5. The second-order valence-electron chi connectivity index (χ2n) is 5.67. The second kappa shape index (κ2) is 7.58. The summed E-state index contributed by atoms with van der Waals surface area (Å²) in [5.74, 6) is -0.0116. The Kier molecular flexibility index (Phi) is 5.52. The lowest BCUT2D eigenvalue weighted by atomic mass is 9.97. The fourth-order valence-corrected chi connectivity index (χ4v) is 2.47. The number of carbonyl (C=O) groups is 2. The van der Waals surface area contributed by atoms with Gasteiger partial charge in [0.1, 0.15) is 0 Å². The van der Waals surface area contributed by atoms with Crippen molar-refractivity contribution in [3.63, 3.8) is 0 Å². The Labute approximate surface area is 136 Å². The van der Waals surface area contributed by atoms with E-state index < -0.39 is 0 Å². The minimum Gasteiger partial charge on any atom is -0.355 e. The van der Waals surface area contributed by atoms with Gasteiger partial charge >= 0.3 is 0 Å². The van der Waals surface area contributed by atoms with E-state index in [9.17, 15) is 9.59 Å². The Balaban J connectivity index is 2.01. The molecule has 1 unspecified atom stereocenters. The maximum atomic E-state index is 12.2. The number of anilines is 1. The number of benzene rings is 2. The van der Waals surface area contributed by atoms with Crippen LogP contribution in [0.2, 0.25) is 0 Å². The fourth-order valence-electron chi connectivity index (χ4n) is 2.47. The van der Waals surface area contributed by atoms with Crippen LogP contribution in [0.3, 0.4) is 0 Å². The van der Waals surface area contributed by atoms with E-state index in [1.807, 2.05) is 44.2 Å². The highest BCUT2D eigenvalue weighted by molar-refractivity contribution is 5.96. The molecule has 23 heavy (non-hydrogen) atoms. The highest BCUT2D eigenvalue weighted by atomic mass is 16.2. The SMILES string of the molecule is CNC(=O)c1ccc(NC(=O)CC(C)c2ccccc2)c(C)c1. The number of hydrogen-bond acceptors (Lipinski definition) is 2. The van der Waals surface area contributed by atoms with Gasteiger partial charge in [0.05, 0.1) is 0 Å². The van der Waals surface area contributed by atoms with Crippen LogP contribution in [-0.2, 0) is 4.79 Å². The summed E-state index contributed by atoms with van der Waals surface area (Å²) in [7, 11) is 1.60. The maximum absolute atomic E-state index is 12.2. The molecule has 4 heteroatoms. The zero-order valence-corrected chi connectivity index (χ0v) is 13.7. The summed E-state index contributed by atoms with van der Waals surface area (Å²) in [4.78, 5) is 23.8. The van der Waals surface area contributed by atoms with Gasteiger partial charge in [-0.05, 0) is 42.2 Å². The third kappa shape index (κ3) is 4.42. The van der Waals surface area contributed by atoms with E-state index in [0.29, 0.717) is 12.0 Å². The van der Waals surface area contributed by atoms with E-state index >= 15 is 0 Å². The molecular formula is C19H22N2O2. The van der Waals surface area contributed by atoms with Gasteiger partial charge in [0.15, 0.2) is 0 Å². The van der Waals surface area contributed by atoms with Crippen LogP contribution >= 0.6 is 0 Å². The molecule has 0 aromatic heterocycles. The fraction of sp³-hybridized carbons (Fsp3) is 0.263. The summed E-state index contributed by atoms with van der Waals surface area (Å²) in [6, 6.07) is 15.2. The minimum atomic E-state index is -0.135. The van der Waals surface area contributed by atoms with Crippen LogP contribution in [0.5, 0.6) is 0 Å². The van der Waals surface area contributed by atoms with Crippen molar-refractivity contribution in [3.8, 4) is 0 Å². The first-order valence-electron chi connectivity index (χ1n) is 7.68. The first kappa shape index (κ1) is 16.7. The predicted molar refractivity (Wildman–Crippen MR) is 92.7 cm³/mol. The van der Waals surface area contributed by atoms with Crippen molar-refractivity contribution in [2.75, 3.05) is 12.4 Å². The van der Waals surface area contributed by atoms with Gasteiger partial charge in [0, 0.05) is 24.7 Å². The van der Waals surface area contributed by atoms with Crippen molar-refractivity contribution >= 4 is 17.5 Å². The van der Waals surface area contributed by atoms with Crippen LogP contribution < -0.4 is 10.6 Å². The highest BCUT2D eigenvalue weighted by Crippen LogP contribution is 2.21. The molecule has 0 radical (unpaired) electrons. The molecule has 0 saturated heterocycles. The molecule has 4 nitrogen and oxygen atoms in total. The van der Waals surface area contributed by atoms with E-state index in [4.69, 9.17) is 0 Å². The lowest BCUT2D eigenvalue weighted by molar-refractivity contribution is -0.116. The lowest BCUT2D eigenvalue weighted by Crippen LogP contribution is -2.19. The standard InChI is InChI=1S/C19H22N2O2/c1-13(15-7-5-4-6-8-15)12-18(22)21-17-10-9-16(11-14(17)2)19(23)20-3/h4-11,13H,12H2,1-3H3,(H,20,23)(H,21,22). The molecule has 2 aromatic rings. The summed E-state index contributed by atoms with van der Waals surface area (Å²) in [6.45, 7) is 3.92. The maximum Gasteiger partial charge on any atom is 0.251 e. The van der Waals surface area contributed by atoms with Gasteiger partial charge in [-0.3, -0.25) is 9.59 Å². The van der Waals surface area contributed by atoms with E-state index in [0.717, 1.165) is 16.8 Å². The van der Waals surface area contributed by atoms with Crippen LogP contribution in [0, 0.1) is 6.92 Å². The Morgan fingerprint density at radius 2 is 1.78 bits per heavy atom. The zero-order chi connectivity index (χ0) is 16.8. The number of aryl methyl sites for hydroxylation is 1. The molecular weight excluding hydrogens is 288 g/mol. The Hall–Kier alpha value is -2.62. The number of carbonyl (C=O) groups excluding carboxylic acids is 2. The number of hydrogen-bond donors (Lipinski definition) is 2. The van der Waals surface area contributed by atoms with Crippen molar-refractivity contribution in [1.29, 1.82) is 0 Å². The topological polar surface area (TPSA) is 58.2 Å². The third-order valence-corrected chi connectivity index (χ3v) is 3.85. The van der Waals surface area contributed by atoms with Crippen LogP contribution in [0.25, 0.3) is 0 Å². The zero-order valence-electron chi connectivity index (χ0n) is 13.7. The summed E-state index contributed by atoms with van der Waals surface area (Å²) in [5, 5.41) is 5.51. The van der Waals surface area contributed by atoms with Gasteiger partial charge in [-0.25, -0.2) is 0 Å². The van der Waals surface area contributed by atoms with E-state index in [-0.39, 0.29) is 17.7 Å². The molecule has 0 saturated carbocycles. The Morgan fingerprint density at radius 3 is 2.39 bits per heavy atom. The first-order chi connectivity index (χ1) is 11.0. The molecule has 0 aliphatic carbocycles. The van der Waals surface area contributed by atoms with Crippen molar-refractivity contribution < 1.29 is 9.59 Å². The quantitative estimate of drug-likeness (QED) is 0.888. The monoisotopic (exact) mass is 310 g/mol. The van der Waals surface area contributed by atoms with Gasteiger partial charge < -0.3 is 10.6 Å². The van der Waals surface area contributed by atoms with Gasteiger partial charge in [-0.2, -0.15) is 0 Å². The van der Waals surface area contributed by atoms with Gasteiger partial charge in [-0.1, -0.05) is 37.3 Å². The molecule has 2 N–H and O–H groups in total. The summed E-state index contributed by atoms with van der Waals surface area (Å²) in [5.41, 5.74) is 3.34. The average Bonchev–Trinajstić information content (AvgIpc) is 2.56. The van der Waals surface area contributed by atoms with Gasteiger partial charge in [0.2, 0.25) is 5.91 Å². The molecule has 0 bridgehead atoms. The summed E-state index contributed by atoms with van der Waals surface area (Å²) >= 11 is 0. The normalized spacial score (nSPS) is 11.6. The highest BCUT2D eigenvalue weighted by Gasteiger charge is 2.13. The van der Waals surface area contributed by atoms with Crippen molar-refractivity contribution in [1.82, 2.24) is 5.32 Å². The molecule has 0 aliphatic heterocycles. The molecule has 2 rings (SSSR count). The molecule has 0 aliphatic rings. The van der Waals surface area contributed by atoms with Crippen LogP contribution in [0.4, 0.5) is 5.69 Å². The van der Waals surface area contributed by atoms with E-state index in [2.05, 4.69) is 10.6 Å². The Bertz CT molecular complexity index is 696. The van der Waals surface area contributed by atoms with Crippen molar-refractivity contribution in [3.05, 3.63) is 65.2 Å². The third-order valence-electron chi connectivity index (χ3n) is 3.85. The largest absolute Gasteiger partial charge is 0.355 e. The average molecular weight is 310 g/mol. The van der Waals surface area contributed by atoms with Crippen LogP contribution in [0.1, 0.15) is 40.7 Å². The summed E-state index contributed by atoms with van der Waals surface area (Å²) < 4.78 is 0. The van der Waals surface area contributed by atoms with E-state index in [1.165, 1.54) is 0 Å².